The van der Waals surface area contributed by atoms with E-state index in [-0.39, 0.29) is 12.5 Å². The molecule has 1 atom stereocenters. The van der Waals surface area contributed by atoms with Gasteiger partial charge in [-0.15, -0.1) is 0 Å². The maximum Gasteiger partial charge on any atom is 0.256 e. The molecule has 0 spiro atoms. The third-order valence-corrected chi connectivity index (χ3v) is 3.43. The zero-order valence-corrected chi connectivity index (χ0v) is 10.4. The van der Waals surface area contributed by atoms with Crippen LogP contribution >= 0.6 is 0 Å². The lowest BCUT2D eigenvalue weighted by Crippen LogP contribution is -2.40. The predicted octanol–water partition coefficient (Wildman–Crippen LogP) is 0.898. The molecule has 1 aliphatic heterocycles. The van der Waals surface area contributed by atoms with Gasteiger partial charge in [0.05, 0.1) is 17.4 Å². The van der Waals surface area contributed by atoms with Crippen LogP contribution < -0.4 is 5.73 Å². The molecule has 18 heavy (non-hydrogen) atoms. The van der Waals surface area contributed by atoms with Crippen LogP contribution in [0.15, 0.2) is 18.5 Å². The van der Waals surface area contributed by atoms with E-state index in [9.17, 15) is 4.79 Å². The number of nitrogens with two attached hydrogens (primary N) is 1. The number of pyridine rings is 1. The van der Waals surface area contributed by atoms with E-state index >= 15 is 0 Å². The average molecular weight is 249 g/mol. The second-order valence-corrected chi connectivity index (χ2v) is 4.73. The molecule has 1 aromatic rings. The van der Waals surface area contributed by atoms with Crippen LogP contribution in [0.5, 0.6) is 0 Å². The molecule has 0 aliphatic carbocycles. The highest BCUT2D eigenvalue weighted by atomic mass is 16.3. The molecule has 5 nitrogen and oxygen atoms in total. The standard InChI is InChI=1S/C13H19N3O2/c14-12-8-15-5-3-11(12)13(18)16-6-1-2-10(9-16)4-7-17/h3,5,8,10,17H,1-2,4,6-7,9,14H2. The zero-order valence-electron chi connectivity index (χ0n) is 10.4. The first kappa shape index (κ1) is 12.8. The smallest absolute Gasteiger partial charge is 0.256 e. The van der Waals surface area contributed by atoms with Crippen molar-refractivity contribution in [1.82, 2.24) is 9.88 Å². The van der Waals surface area contributed by atoms with Crippen LogP contribution in [0.25, 0.3) is 0 Å². The second kappa shape index (κ2) is 5.82. The van der Waals surface area contributed by atoms with Crippen molar-refractivity contribution in [2.45, 2.75) is 19.3 Å². The molecular weight excluding hydrogens is 230 g/mol. The van der Waals surface area contributed by atoms with Gasteiger partial charge in [-0.3, -0.25) is 9.78 Å². The third kappa shape index (κ3) is 2.79. The molecule has 1 amide bonds. The Balaban J connectivity index is 2.07. The van der Waals surface area contributed by atoms with Gasteiger partial charge in [0.2, 0.25) is 0 Å². The number of nitrogens with zero attached hydrogens (tertiary/aromatic N) is 2. The van der Waals surface area contributed by atoms with Gasteiger partial charge >= 0.3 is 0 Å². The van der Waals surface area contributed by atoms with Gasteiger partial charge in [0, 0.05) is 25.9 Å². The van der Waals surface area contributed by atoms with Crippen LogP contribution in [-0.2, 0) is 0 Å². The van der Waals surface area contributed by atoms with Gasteiger partial charge in [-0.2, -0.15) is 0 Å². The number of nitrogen functional groups attached to an aromatic ring is 1. The summed E-state index contributed by atoms with van der Waals surface area (Å²) in [7, 11) is 0. The Labute approximate surface area is 107 Å². The van der Waals surface area contributed by atoms with Gasteiger partial charge in [-0.05, 0) is 31.2 Å². The molecule has 3 N–H and O–H groups in total. The number of likely N-dealkylation sites (tertiary alicyclic amines) is 1. The first-order chi connectivity index (χ1) is 8.72. The number of aromatic nitrogens is 1. The van der Waals surface area contributed by atoms with Gasteiger partial charge < -0.3 is 15.7 Å². The highest BCUT2D eigenvalue weighted by molar-refractivity contribution is 5.98. The molecular formula is C13H19N3O2. The lowest BCUT2D eigenvalue weighted by molar-refractivity contribution is 0.0654. The monoisotopic (exact) mass is 249 g/mol. The van der Waals surface area contributed by atoms with E-state index in [0.29, 0.717) is 23.7 Å². The van der Waals surface area contributed by atoms with Crippen molar-refractivity contribution < 1.29 is 9.90 Å². The molecule has 2 heterocycles. The molecule has 0 aromatic carbocycles. The fraction of sp³-hybridized carbons (Fsp3) is 0.538. The van der Waals surface area contributed by atoms with Crippen molar-refractivity contribution in [3.05, 3.63) is 24.0 Å². The van der Waals surface area contributed by atoms with E-state index in [1.165, 1.54) is 6.20 Å². The lowest BCUT2D eigenvalue weighted by Gasteiger charge is -2.32. The van der Waals surface area contributed by atoms with Crippen LogP contribution in [0.2, 0.25) is 0 Å². The summed E-state index contributed by atoms with van der Waals surface area (Å²) in [6, 6.07) is 1.66. The minimum atomic E-state index is -0.0301. The van der Waals surface area contributed by atoms with Gasteiger partial charge in [-0.1, -0.05) is 0 Å². The molecule has 2 rings (SSSR count). The third-order valence-electron chi connectivity index (χ3n) is 3.43. The number of amides is 1. The van der Waals surface area contributed by atoms with Crippen molar-refractivity contribution in [3.8, 4) is 0 Å². The number of carbonyl (C=O) groups excluding carboxylic acids is 1. The summed E-state index contributed by atoms with van der Waals surface area (Å²) in [6.45, 7) is 1.66. The lowest BCUT2D eigenvalue weighted by atomic mass is 9.94. The fourth-order valence-corrected chi connectivity index (χ4v) is 2.44. The number of piperidine rings is 1. The van der Waals surface area contributed by atoms with Gasteiger partial charge in [-0.25, -0.2) is 0 Å². The van der Waals surface area contributed by atoms with Gasteiger partial charge in [0.1, 0.15) is 0 Å². The van der Waals surface area contributed by atoms with Gasteiger partial charge in [0.15, 0.2) is 0 Å². The van der Waals surface area contributed by atoms with Crippen molar-refractivity contribution in [3.63, 3.8) is 0 Å². The van der Waals surface area contributed by atoms with E-state index in [2.05, 4.69) is 4.98 Å². The van der Waals surface area contributed by atoms with E-state index in [1.54, 1.807) is 12.3 Å². The maximum atomic E-state index is 12.3. The average Bonchev–Trinajstić information content (AvgIpc) is 2.39. The van der Waals surface area contributed by atoms with Crippen LogP contribution in [0.3, 0.4) is 0 Å². The zero-order chi connectivity index (χ0) is 13.0. The molecule has 0 saturated carbocycles. The Bertz CT molecular complexity index is 420. The minimum absolute atomic E-state index is 0.0301. The predicted molar refractivity (Wildman–Crippen MR) is 69.0 cm³/mol. The number of carbonyl (C=O) groups is 1. The number of aliphatic hydroxyl groups is 1. The van der Waals surface area contributed by atoms with Gasteiger partial charge in [0.25, 0.3) is 5.91 Å². The van der Waals surface area contributed by atoms with E-state index in [0.717, 1.165) is 25.8 Å². The second-order valence-electron chi connectivity index (χ2n) is 4.73. The Morgan fingerprint density at radius 3 is 3.17 bits per heavy atom. The van der Waals surface area contributed by atoms with Crippen molar-refractivity contribution in [1.29, 1.82) is 0 Å². The first-order valence-corrected chi connectivity index (χ1v) is 6.32. The summed E-state index contributed by atoms with van der Waals surface area (Å²) >= 11 is 0. The molecule has 1 fully saturated rings. The Hall–Kier alpha value is -1.62. The molecule has 5 heteroatoms. The minimum Gasteiger partial charge on any atom is -0.397 e. The fourth-order valence-electron chi connectivity index (χ4n) is 2.44. The van der Waals surface area contributed by atoms with Crippen molar-refractivity contribution in [2.24, 2.45) is 5.92 Å². The topological polar surface area (TPSA) is 79.5 Å². The summed E-state index contributed by atoms with van der Waals surface area (Å²) < 4.78 is 0. The SMILES string of the molecule is Nc1cnccc1C(=O)N1CCCC(CCO)C1. The highest BCUT2D eigenvalue weighted by Gasteiger charge is 2.25. The normalized spacial score (nSPS) is 19.8. The van der Waals surface area contributed by atoms with Crippen LogP contribution in [0, 0.1) is 5.92 Å². The van der Waals surface area contributed by atoms with E-state index < -0.39 is 0 Å². The molecule has 1 unspecified atom stereocenters. The number of rotatable bonds is 3. The van der Waals surface area contributed by atoms with Crippen LogP contribution in [0.1, 0.15) is 29.6 Å². The summed E-state index contributed by atoms with van der Waals surface area (Å²) in [4.78, 5) is 18.0. The largest absolute Gasteiger partial charge is 0.397 e. The van der Waals surface area contributed by atoms with E-state index in [4.69, 9.17) is 10.8 Å². The van der Waals surface area contributed by atoms with Crippen LogP contribution in [0.4, 0.5) is 5.69 Å². The van der Waals surface area contributed by atoms with Crippen molar-refractivity contribution in [2.75, 3.05) is 25.4 Å². The molecule has 0 bridgehead atoms. The summed E-state index contributed by atoms with van der Waals surface area (Å²) in [5, 5.41) is 8.97. The quantitative estimate of drug-likeness (QED) is 0.834. The summed E-state index contributed by atoms with van der Waals surface area (Å²) in [5.41, 5.74) is 6.72. The summed E-state index contributed by atoms with van der Waals surface area (Å²) in [5.74, 6) is 0.369. The molecule has 1 aromatic heterocycles. The highest BCUT2D eigenvalue weighted by Crippen LogP contribution is 2.22. The van der Waals surface area contributed by atoms with E-state index in [1.807, 2.05) is 4.90 Å². The number of anilines is 1. The first-order valence-electron chi connectivity index (χ1n) is 6.32. The Kier molecular flexibility index (Phi) is 4.15. The maximum absolute atomic E-state index is 12.3. The Morgan fingerprint density at radius 2 is 2.44 bits per heavy atom. The Morgan fingerprint density at radius 1 is 1.61 bits per heavy atom. The van der Waals surface area contributed by atoms with Crippen LogP contribution in [-0.4, -0.2) is 40.6 Å². The molecule has 1 saturated heterocycles. The van der Waals surface area contributed by atoms with Crippen molar-refractivity contribution >= 4 is 11.6 Å². The number of aliphatic hydroxyl groups excluding tert-OH is 1. The number of hydrogen-bond donors (Lipinski definition) is 2. The molecule has 0 radical (unpaired) electrons. The molecule has 98 valence electrons. The number of hydrogen-bond acceptors (Lipinski definition) is 4. The summed E-state index contributed by atoms with van der Waals surface area (Å²) in [6.07, 6.45) is 5.91. The molecule has 1 aliphatic rings.